The van der Waals surface area contributed by atoms with Gasteiger partial charge in [-0.3, -0.25) is 0 Å². The minimum atomic E-state index is -3.44. The molecule has 1 fully saturated rings. The van der Waals surface area contributed by atoms with Crippen molar-refractivity contribution in [3.63, 3.8) is 0 Å². The zero-order chi connectivity index (χ0) is 15.4. The minimum absolute atomic E-state index is 0.526. The number of sulfonamides is 1. The van der Waals surface area contributed by atoms with E-state index in [-0.39, 0.29) is 0 Å². The molecule has 1 aliphatic rings. The molecule has 0 atom stereocenters. The van der Waals surface area contributed by atoms with Crippen LogP contribution in [0.25, 0.3) is 0 Å². The van der Waals surface area contributed by atoms with Crippen molar-refractivity contribution in [1.29, 1.82) is 0 Å². The molecular weight excluding hydrogens is 296 g/mol. The van der Waals surface area contributed by atoms with E-state index in [1.54, 1.807) is 4.31 Å². The van der Waals surface area contributed by atoms with Crippen molar-refractivity contribution in [3.05, 3.63) is 71.8 Å². The molecule has 116 valence electrons. The summed E-state index contributed by atoms with van der Waals surface area (Å²) >= 11 is 0. The summed E-state index contributed by atoms with van der Waals surface area (Å²) in [5.41, 5.74) is 1.62. The van der Waals surface area contributed by atoms with E-state index in [1.807, 2.05) is 60.7 Å². The molecule has 0 saturated carbocycles. The van der Waals surface area contributed by atoms with Gasteiger partial charge in [0.25, 0.3) is 0 Å². The molecule has 1 N–H and O–H groups in total. The molecule has 1 heterocycles. The number of nitrogens with one attached hydrogen (secondary N) is 1. The Bertz CT molecular complexity index is 656. The second-order valence-corrected chi connectivity index (χ2v) is 7.41. The van der Waals surface area contributed by atoms with Crippen LogP contribution in [0.4, 0.5) is 0 Å². The molecule has 3 rings (SSSR count). The van der Waals surface area contributed by atoms with Gasteiger partial charge in [0.1, 0.15) is 5.25 Å². The van der Waals surface area contributed by atoms with Gasteiger partial charge in [-0.05, 0) is 11.1 Å². The summed E-state index contributed by atoms with van der Waals surface area (Å²) in [5.74, 6) is 0. The molecule has 22 heavy (non-hydrogen) atoms. The molecular formula is C17H20N2O2S. The zero-order valence-corrected chi connectivity index (χ0v) is 13.2. The summed E-state index contributed by atoms with van der Waals surface area (Å²) in [7, 11) is -3.44. The number of piperazine rings is 1. The van der Waals surface area contributed by atoms with Crippen molar-refractivity contribution in [2.24, 2.45) is 0 Å². The van der Waals surface area contributed by atoms with E-state index in [1.165, 1.54) is 0 Å². The molecule has 1 saturated heterocycles. The van der Waals surface area contributed by atoms with Crippen LogP contribution in [0, 0.1) is 0 Å². The SMILES string of the molecule is O=S(=O)(C(c1ccccc1)c1ccccc1)N1CCNCC1. The maximum Gasteiger partial charge on any atom is 0.225 e. The molecule has 0 aliphatic carbocycles. The first-order valence-corrected chi connectivity index (χ1v) is 8.99. The topological polar surface area (TPSA) is 49.4 Å². The van der Waals surface area contributed by atoms with Crippen LogP contribution < -0.4 is 5.32 Å². The normalized spacial score (nSPS) is 16.8. The number of rotatable bonds is 4. The first-order chi connectivity index (χ1) is 10.7. The highest BCUT2D eigenvalue weighted by Gasteiger charge is 2.34. The van der Waals surface area contributed by atoms with Crippen LogP contribution in [0.2, 0.25) is 0 Å². The van der Waals surface area contributed by atoms with Crippen LogP contribution in [0.1, 0.15) is 16.4 Å². The van der Waals surface area contributed by atoms with Gasteiger partial charge in [0.2, 0.25) is 10.0 Å². The van der Waals surface area contributed by atoms with E-state index in [2.05, 4.69) is 5.32 Å². The van der Waals surface area contributed by atoms with Crippen LogP contribution in [-0.2, 0) is 10.0 Å². The van der Waals surface area contributed by atoms with E-state index in [0.29, 0.717) is 26.2 Å². The van der Waals surface area contributed by atoms with Gasteiger partial charge in [-0.1, -0.05) is 60.7 Å². The third-order valence-electron chi connectivity index (χ3n) is 3.94. The van der Waals surface area contributed by atoms with E-state index in [9.17, 15) is 8.42 Å². The summed E-state index contributed by atoms with van der Waals surface area (Å²) < 4.78 is 28.0. The summed E-state index contributed by atoms with van der Waals surface area (Å²) in [6.07, 6.45) is 0. The maximum absolute atomic E-state index is 13.2. The molecule has 0 spiro atoms. The molecule has 0 aromatic heterocycles. The Morgan fingerprint density at radius 1 is 0.818 bits per heavy atom. The number of nitrogens with zero attached hydrogens (tertiary/aromatic N) is 1. The lowest BCUT2D eigenvalue weighted by atomic mass is 10.0. The van der Waals surface area contributed by atoms with Gasteiger partial charge in [0.15, 0.2) is 0 Å². The highest BCUT2D eigenvalue weighted by molar-refractivity contribution is 7.89. The molecule has 0 bridgehead atoms. The van der Waals surface area contributed by atoms with Gasteiger partial charge < -0.3 is 5.32 Å². The Balaban J connectivity index is 2.05. The number of benzene rings is 2. The van der Waals surface area contributed by atoms with Gasteiger partial charge in [-0.2, -0.15) is 4.31 Å². The Hall–Kier alpha value is -1.69. The zero-order valence-electron chi connectivity index (χ0n) is 12.4. The highest BCUT2D eigenvalue weighted by Crippen LogP contribution is 2.32. The Morgan fingerprint density at radius 3 is 1.73 bits per heavy atom. The molecule has 0 unspecified atom stereocenters. The fourth-order valence-electron chi connectivity index (χ4n) is 2.84. The summed E-state index contributed by atoms with van der Waals surface area (Å²) in [6, 6.07) is 18.9. The van der Waals surface area contributed by atoms with Gasteiger partial charge in [-0.25, -0.2) is 8.42 Å². The summed E-state index contributed by atoms with van der Waals surface area (Å²) in [6.45, 7) is 2.46. The number of hydrogen-bond acceptors (Lipinski definition) is 3. The van der Waals surface area contributed by atoms with Crippen molar-refractivity contribution in [3.8, 4) is 0 Å². The fourth-order valence-corrected chi connectivity index (χ4v) is 4.83. The maximum atomic E-state index is 13.2. The van der Waals surface area contributed by atoms with E-state index < -0.39 is 15.3 Å². The molecule has 0 amide bonds. The molecule has 5 heteroatoms. The smallest absolute Gasteiger partial charge is 0.225 e. The van der Waals surface area contributed by atoms with Crippen LogP contribution in [0.3, 0.4) is 0 Å². The first-order valence-electron chi connectivity index (χ1n) is 7.49. The van der Waals surface area contributed by atoms with Crippen molar-refractivity contribution in [2.75, 3.05) is 26.2 Å². The summed E-state index contributed by atoms with van der Waals surface area (Å²) in [4.78, 5) is 0. The van der Waals surface area contributed by atoms with E-state index in [0.717, 1.165) is 11.1 Å². The molecule has 2 aromatic carbocycles. The lowest BCUT2D eigenvalue weighted by Crippen LogP contribution is -2.47. The van der Waals surface area contributed by atoms with Gasteiger partial charge in [0, 0.05) is 26.2 Å². The van der Waals surface area contributed by atoms with Gasteiger partial charge in [-0.15, -0.1) is 0 Å². The van der Waals surface area contributed by atoms with Crippen LogP contribution in [0.5, 0.6) is 0 Å². The monoisotopic (exact) mass is 316 g/mol. The highest BCUT2D eigenvalue weighted by atomic mass is 32.2. The predicted octanol–water partition coefficient (Wildman–Crippen LogP) is 2.01. The third-order valence-corrected chi connectivity index (χ3v) is 6.16. The van der Waals surface area contributed by atoms with Crippen molar-refractivity contribution in [2.45, 2.75) is 5.25 Å². The van der Waals surface area contributed by atoms with Gasteiger partial charge >= 0.3 is 0 Å². The molecule has 2 aromatic rings. The lowest BCUT2D eigenvalue weighted by molar-refractivity contribution is 0.357. The Labute approximate surface area is 131 Å². The van der Waals surface area contributed by atoms with E-state index >= 15 is 0 Å². The minimum Gasteiger partial charge on any atom is -0.314 e. The van der Waals surface area contributed by atoms with Crippen molar-refractivity contribution in [1.82, 2.24) is 9.62 Å². The quantitative estimate of drug-likeness (QED) is 0.939. The molecule has 0 radical (unpaired) electrons. The molecule has 4 nitrogen and oxygen atoms in total. The summed E-state index contributed by atoms with van der Waals surface area (Å²) in [5, 5.41) is 2.55. The van der Waals surface area contributed by atoms with Gasteiger partial charge in [0.05, 0.1) is 0 Å². The first kappa shape index (κ1) is 15.2. The average molecular weight is 316 g/mol. The standard InChI is InChI=1S/C17H20N2O2S/c20-22(21,19-13-11-18-12-14-19)17(15-7-3-1-4-8-15)16-9-5-2-6-10-16/h1-10,17-18H,11-14H2. The lowest BCUT2D eigenvalue weighted by Gasteiger charge is -2.31. The largest absolute Gasteiger partial charge is 0.314 e. The average Bonchev–Trinajstić information content (AvgIpc) is 2.58. The van der Waals surface area contributed by atoms with Crippen molar-refractivity contribution < 1.29 is 8.42 Å². The second kappa shape index (κ2) is 6.60. The third kappa shape index (κ3) is 3.06. The van der Waals surface area contributed by atoms with Crippen molar-refractivity contribution >= 4 is 10.0 Å². The fraction of sp³-hybridized carbons (Fsp3) is 0.294. The molecule has 1 aliphatic heterocycles. The Morgan fingerprint density at radius 2 is 1.27 bits per heavy atom. The van der Waals surface area contributed by atoms with E-state index in [4.69, 9.17) is 0 Å². The van der Waals surface area contributed by atoms with Crippen LogP contribution in [0.15, 0.2) is 60.7 Å². The van der Waals surface area contributed by atoms with Crippen LogP contribution in [-0.4, -0.2) is 38.9 Å². The van der Waals surface area contributed by atoms with Crippen LogP contribution >= 0.6 is 0 Å². The number of hydrogen-bond donors (Lipinski definition) is 1. The second-order valence-electron chi connectivity index (χ2n) is 5.40. The predicted molar refractivity (Wildman–Crippen MR) is 88.1 cm³/mol. The Kier molecular flexibility index (Phi) is 4.57.